The molecule has 0 atom stereocenters. The predicted molar refractivity (Wildman–Crippen MR) is 68.8 cm³/mol. The number of rotatable bonds is 4. The number of aliphatic carboxylic acids is 1. The van der Waals surface area contributed by atoms with E-state index in [1.165, 1.54) is 0 Å². The summed E-state index contributed by atoms with van der Waals surface area (Å²) in [5.41, 5.74) is 2.41. The van der Waals surface area contributed by atoms with Gasteiger partial charge in [-0.25, -0.2) is 4.79 Å². The Hall–Kier alpha value is -2.56. The van der Waals surface area contributed by atoms with Gasteiger partial charge in [-0.05, 0) is 30.7 Å². The number of carbonyl (C=O) groups is 2. The molecule has 0 spiro atoms. The molecule has 0 aliphatic heterocycles. The molecule has 0 bridgehead atoms. The van der Waals surface area contributed by atoms with Crippen LogP contribution in [0.1, 0.15) is 21.6 Å². The summed E-state index contributed by atoms with van der Waals surface area (Å²) in [4.78, 5) is 21.5. The normalized spacial score (nSPS) is 10.4. The van der Waals surface area contributed by atoms with E-state index in [2.05, 4.69) is 0 Å². The van der Waals surface area contributed by atoms with E-state index < -0.39 is 11.9 Å². The van der Waals surface area contributed by atoms with Crippen molar-refractivity contribution in [2.45, 2.75) is 13.3 Å². The van der Waals surface area contributed by atoms with E-state index in [9.17, 15) is 9.59 Å². The minimum absolute atomic E-state index is 0.0225. The number of carboxylic acid groups (broad SMARTS) is 2. The van der Waals surface area contributed by atoms with Gasteiger partial charge in [-0.3, -0.25) is 4.79 Å². The Labute approximate surface area is 109 Å². The lowest BCUT2D eigenvalue weighted by molar-refractivity contribution is -0.136. The average Bonchev–Trinajstić information content (AvgIpc) is 2.71. The maximum absolute atomic E-state index is 11.0. The van der Waals surface area contributed by atoms with E-state index in [4.69, 9.17) is 10.2 Å². The van der Waals surface area contributed by atoms with Gasteiger partial charge < -0.3 is 14.8 Å². The molecular weight excluding hydrogens is 246 g/mol. The maximum Gasteiger partial charge on any atom is 0.337 e. The molecule has 0 fully saturated rings. The van der Waals surface area contributed by atoms with Gasteiger partial charge in [-0.1, -0.05) is 12.1 Å². The largest absolute Gasteiger partial charge is 0.481 e. The van der Waals surface area contributed by atoms with Gasteiger partial charge in [0, 0.05) is 17.6 Å². The van der Waals surface area contributed by atoms with Gasteiger partial charge in [0.05, 0.1) is 12.0 Å². The van der Waals surface area contributed by atoms with Crippen LogP contribution in [0.15, 0.2) is 36.5 Å². The van der Waals surface area contributed by atoms with Crippen molar-refractivity contribution in [3.05, 3.63) is 53.3 Å². The monoisotopic (exact) mass is 259 g/mol. The van der Waals surface area contributed by atoms with Crippen molar-refractivity contribution in [1.29, 1.82) is 0 Å². The van der Waals surface area contributed by atoms with Crippen molar-refractivity contribution in [3.8, 4) is 5.69 Å². The van der Waals surface area contributed by atoms with E-state index in [-0.39, 0.29) is 12.0 Å². The van der Waals surface area contributed by atoms with Gasteiger partial charge >= 0.3 is 11.9 Å². The molecule has 1 aromatic heterocycles. The predicted octanol–water partition coefficient (Wildman–Crippen LogP) is 2.11. The smallest absolute Gasteiger partial charge is 0.337 e. The zero-order valence-electron chi connectivity index (χ0n) is 10.3. The van der Waals surface area contributed by atoms with Crippen LogP contribution in [0.5, 0.6) is 0 Å². The van der Waals surface area contributed by atoms with Gasteiger partial charge in [-0.2, -0.15) is 0 Å². The highest BCUT2D eigenvalue weighted by Gasteiger charge is 2.12. The maximum atomic E-state index is 11.0. The number of benzene rings is 1. The molecule has 1 aromatic carbocycles. The van der Waals surface area contributed by atoms with E-state index in [1.807, 2.05) is 0 Å². The van der Waals surface area contributed by atoms with Gasteiger partial charge in [0.25, 0.3) is 0 Å². The molecule has 0 radical (unpaired) electrons. The molecule has 0 amide bonds. The van der Waals surface area contributed by atoms with Crippen molar-refractivity contribution in [1.82, 2.24) is 4.57 Å². The minimum atomic E-state index is -0.959. The molecule has 19 heavy (non-hydrogen) atoms. The highest BCUT2D eigenvalue weighted by Crippen LogP contribution is 2.17. The van der Waals surface area contributed by atoms with Crippen LogP contribution >= 0.6 is 0 Å². The molecule has 5 heteroatoms. The second-order valence-corrected chi connectivity index (χ2v) is 4.23. The first-order valence-electron chi connectivity index (χ1n) is 5.71. The Morgan fingerprint density at radius 3 is 2.21 bits per heavy atom. The van der Waals surface area contributed by atoms with Crippen molar-refractivity contribution >= 4 is 11.9 Å². The Bertz CT molecular complexity index is 625. The van der Waals surface area contributed by atoms with Gasteiger partial charge in [0.1, 0.15) is 0 Å². The zero-order chi connectivity index (χ0) is 14.0. The van der Waals surface area contributed by atoms with Crippen LogP contribution < -0.4 is 0 Å². The first-order valence-corrected chi connectivity index (χ1v) is 5.71. The van der Waals surface area contributed by atoms with Crippen molar-refractivity contribution in [2.75, 3.05) is 0 Å². The van der Waals surface area contributed by atoms with Crippen LogP contribution in [0, 0.1) is 6.92 Å². The summed E-state index contributed by atoms with van der Waals surface area (Å²) in [6.45, 7) is 1.73. The lowest BCUT2D eigenvalue weighted by Crippen LogP contribution is -2.02. The fourth-order valence-electron chi connectivity index (χ4n) is 1.97. The molecule has 2 N–H and O–H groups in total. The molecule has 0 aliphatic carbocycles. The first kappa shape index (κ1) is 12.9. The van der Waals surface area contributed by atoms with Crippen molar-refractivity contribution in [3.63, 3.8) is 0 Å². The summed E-state index contributed by atoms with van der Waals surface area (Å²) in [6.07, 6.45) is 1.66. The summed E-state index contributed by atoms with van der Waals surface area (Å²) in [5, 5.41) is 17.7. The SMILES string of the molecule is Cc1c(C(=O)O)ccn1-c1ccc(CC(=O)O)cc1. The minimum Gasteiger partial charge on any atom is -0.481 e. The molecule has 0 unspecified atom stereocenters. The molecule has 0 saturated heterocycles. The zero-order valence-corrected chi connectivity index (χ0v) is 10.3. The van der Waals surface area contributed by atoms with Crippen LogP contribution in [0.4, 0.5) is 0 Å². The van der Waals surface area contributed by atoms with Crippen LogP contribution in [-0.2, 0) is 11.2 Å². The number of nitrogens with zero attached hydrogens (tertiary/aromatic N) is 1. The Morgan fingerprint density at radius 1 is 1.11 bits per heavy atom. The fourth-order valence-corrected chi connectivity index (χ4v) is 1.97. The summed E-state index contributed by atoms with van der Waals surface area (Å²) in [5.74, 6) is -1.84. The molecule has 0 aliphatic rings. The van der Waals surface area contributed by atoms with Gasteiger partial charge in [0.2, 0.25) is 0 Å². The average molecular weight is 259 g/mol. The summed E-state index contributed by atoms with van der Waals surface area (Å²) in [6, 6.07) is 8.54. The highest BCUT2D eigenvalue weighted by molar-refractivity contribution is 5.89. The molecule has 1 heterocycles. The first-order chi connectivity index (χ1) is 8.99. The van der Waals surface area contributed by atoms with E-state index >= 15 is 0 Å². The number of hydrogen-bond donors (Lipinski definition) is 2. The molecule has 0 saturated carbocycles. The lowest BCUT2D eigenvalue weighted by Gasteiger charge is -2.07. The van der Waals surface area contributed by atoms with Crippen LogP contribution in [0.2, 0.25) is 0 Å². The van der Waals surface area contributed by atoms with Crippen LogP contribution in [0.3, 0.4) is 0 Å². The number of carboxylic acids is 2. The Balaban J connectivity index is 2.32. The third-order valence-electron chi connectivity index (χ3n) is 2.94. The summed E-state index contributed by atoms with van der Waals surface area (Å²) < 4.78 is 1.76. The molecule has 98 valence electrons. The molecule has 2 rings (SSSR count). The highest BCUT2D eigenvalue weighted by atomic mass is 16.4. The molecule has 2 aromatic rings. The van der Waals surface area contributed by atoms with E-state index in [0.29, 0.717) is 11.3 Å². The van der Waals surface area contributed by atoms with E-state index in [0.717, 1.165) is 5.69 Å². The quantitative estimate of drug-likeness (QED) is 0.881. The standard InChI is InChI=1S/C14H13NO4/c1-9-12(14(18)19)6-7-15(9)11-4-2-10(3-5-11)8-13(16)17/h2-7H,8H2,1H3,(H,16,17)(H,18,19). The number of aromatic carboxylic acids is 1. The van der Waals surface area contributed by atoms with Gasteiger partial charge in [0.15, 0.2) is 0 Å². The Morgan fingerprint density at radius 2 is 1.74 bits per heavy atom. The second kappa shape index (κ2) is 4.97. The third kappa shape index (κ3) is 2.65. The fraction of sp³-hybridized carbons (Fsp3) is 0.143. The van der Waals surface area contributed by atoms with E-state index in [1.54, 1.807) is 48.0 Å². The van der Waals surface area contributed by atoms with Crippen molar-refractivity contribution < 1.29 is 19.8 Å². The number of aromatic nitrogens is 1. The van der Waals surface area contributed by atoms with Crippen LogP contribution in [-0.4, -0.2) is 26.7 Å². The summed E-state index contributed by atoms with van der Waals surface area (Å²) in [7, 11) is 0. The van der Waals surface area contributed by atoms with Gasteiger partial charge in [-0.15, -0.1) is 0 Å². The summed E-state index contributed by atoms with van der Waals surface area (Å²) >= 11 is 0. The van der Waals surface area contributed by atoms with Crippen molar-refractivity contribution in [2.24, 2.45) is 0 Å². The second-order valence-electron chi connectivity index (χ2n) is 4.23. The number of hydrogen-bond acceptors (Lipinski definition) is 2. The molecule has 5 nitrogen and oxygen atoms in total. The molecular formula is C14H13NO4. The third-order valence-corrected chi connectivity index (χ3v) is 2.94. The Kier molecular flexibility index (Phi) is 3.37. The topological polar surface area (TPSA) is 79.5 Å². The van der Waals surface area contributed by atoms with Crippen LogP contribution in [0.25, 0.3) is 5.69 Å². The lowest BCUT2D eigenvalue weighted by atomic mass is 10.1.